The van der Waals surface area contributed by atoms with Gasteiger partial charge in [0.25, 0.3) is 5.91 Å². The van der Waals surface area contributed by atoms with Crippen molar-refractivity contribution in [2.45, 2.75) is 0 Å². The van der Waals surface area contributed by atoms with E-state index in [0.717, 1.165) is 21.6 Å². The molecule has 1 amide bonds. The number of carbonyl (C=O) groups is 1. The first kappa shape index (κ1) is 17.0. The van der Waals surface area contributed by atoms with Crippen LogP contribution in [0.15, 0.2) is 71.3 Å². The topological polar surface area (TPSA) is 63.2 Å². The molecule has 5 nitrogen and oxygen atoms in total. The van der Waals surface area contributed by atoms with Gasteiger partial charge in [-0.25, -0.2) is 4.98 Å². The van der Waals surface area contributed by atoms with Crippen LogP contribution in [0.1, 0.15) is 10.5 Å². The lowest BCUT2D eigenvalue weighted by Crippen LogP contribution is -2.13. The molecule has 2 N–H and O–H groups in total. The summed E-state index contributed by atoms with van der Waals surface area (Å²) in [5, 5.41) is 6.04. The minimum Gasteiger partial charge on any atom is -0.495 e. The summed E-state index contributed by atoms with van der Waals surface area (Å²) in [4.78, 5) is 16.5. The van der Waals surface area contributed by atoms with Crippen LogP contribution in [0.4, 0.5) is 17.1 Å². The molecule has 6 heteroatoms. The van der Waals surface area contributed by atoms with Crippen molar-refractivity contribution >= 4 is 38.9 Å². The van der Waals surface area contributed by atoms with Gasteiger partial charge < -0.3 is 15.4 Å². The largest absolute Gasteiger partial charge is 0.495 e. The molecule has 25 heavy (non-hydrogen) atoms. The van der Waals surface area contributed by atoms with E-state index in [2.05, 4.69) is 31.5 Å². The summed E-state index contributed by atoms with van der Waals surface area (Å²) < 4.78 is 6.20. The molecule has 0 unspecified atom stereocenters. The number of nitrogens with one attached hydrogen (secondary N) is 2. The summed E-state index contributed by atoms with van der Waals surface area (Å²) in [6.07, 6.45) is 1.61. The fraction of sp³-hybridized carbons (Fsp3) is 0.0526. The van der Waals surface area contributed by atoms with E-state index in [4.69, 9.17) is 4.74 Å². The van der Waals surface area contributed by atoms with Crippen molar-refractivity contribution in [3.8, 4) is 5.75 Å². The highest BCUT2D eigenvalue weighted by Crippen LogP contribution is 2.26. The number of anilines is 3. The number of ether oxygens (including phenoxy) is 1. The summed E-state index contributed by atoms with van der Waals surface area (Å²) in [6.45, 7) is 0. The number of para-hydroxylation sites is 2. The Hall–Kier alpha value is -2.86. The van der Waals surface area contributed by atoms with Crippen LogP contribution >= 0.6 is 15.9 Å². The van der Waals surface area contributed by atoms with Crippen LogP contribution in [0, 0.1) is 0 Å². The highest BCUT2D eigenvalue weighted by atomic mass is 79.9. The fourth-order valence-electron chi connectivity index (χ4n) is 2.27. The first-order valence-corrected chi connectivity index (χ1v) is 8.38. The van der Waals surface area contributed by atoms with Crippen molar-refractivity contribution in [3.05, 3.63) is 77.0 Å². The highest BCUT2D eigenvalue weighted by Gasteiger charge is 2.09. The standard InChI is InChI=1S/C19H16BrN3O2/c1-25-18-8-3-2-7-16(18)22-15-9-10-17(21-12-15)19(24)23-14-6-4-5-13(20)11-14/h2-12,22H,1H3,(H,23,24). The molecule has 0 aliphatic heterocycles. The van der Waals surface area contributed by atoms with Crippen LogP contribution < -0.4 is 15.4 Å². The van der Waals surface area contributed by atoms with Gasteiger partial charge in [-0.15, -0.1) is 0 Å². The van der Waals surface area contributed by atoms with E-state index >= 15 is 0 Å². The zero-order valence-corrected chi connectivity index (χ0v) is 15.1. The van der Waals surface area contributed by atoms with Crippen LogP contribution in [0.3, 0.4) is 0 Å². The number of rotatable bonds is 5. The second-order valence-corrected chi connectivity index (χ2v) is 6.14. The van der Waals surface area contributed by atoms with Crippen molar-refractivity contribution in [3.63, 3.8) is 0 Å². The lowest BCUT2D eigenvalue weighted by atomic mass is 10.2. The molecule has 0 spiro atoms. The van der Waals surface area contributed by atoms with Crippen LogP contribution in [-0.2, 0) is 0 Å². The molecule has 0 atom stereocenters. The van der Waals surface area contributed by atoms with Gasteiger partial charge in [-0.3, -0.25) is 4.79 Å². The lowest BCUT2D eigenvalue weighted by Gasteiger charge is -2.11. The molecule has 0 bridgehead atoms. The predicted octanol–water partition coefficient (Wildman–Crippen LogP) is 4.85. The third-order valence-electron chi connectivity index (χ3n) is 3.46. The Morgan fingerprint density at radius 2 is 1.88 bits per heavy atom. The van der Waals surface area contributed by atoms with Crippen LogP contribution in [-0.4, -0.2) is 18.0 Å². The maximum absolute atomic E-state index is 12.3. The van der Waals surface area contributed by atoms with Gasteiger partial charge >= 0.3 is 0 Å². The monoisotopic (exact) mass is 397 g/mol. The SMILES string of the molecule is COc1ccccc1Nc1ccc(C(=O)Nc2cccc(Br)c2)nc1. The van der Waals surface area contributed by atoms with Crippen molar-refractivity contribution in [2.75, 3.05) is 17.7 Å². The molecule has 0 fully saturated rings. The number of carbonyl (C=O) groups excluding carboxylic acids is 1. The minimum atomic E-state index is -0.262. The summed E-state index contributed by atoms with van der Waals surface area (Å²) in [5.41, 5.74) is 2.64. The molecule has 2 aromatic carbocycles. The number of benzene rings is 2. The third kappa shape index (κ3) is 4.36. The quantitative estimate of drug-likeness (QED) is 0.645. The zero-order chi connectivity index (χ0) is 17.6. The van der Waals surface area contributed by atoms with Crippen LogP contribution in [0.25, 0.3) is 0 Å². The van der Waals surface area contributed by atoms with Crippen molar-refractivity contribution in [1.82, 2.24) is 4.98 Å². The van der Waals surface area contributed by atoms with E-state index in [1.165, 1.54) is 0 Å². The molecule has 0 saturated heterocycles. The molecule has 0 radical (unpaired) electrons. The number of methoxy groups -OCH3 is 1. The normalized spacial score (nSPS) is 10.2. The second-order valence-electron chi connectivity index (χ2n) is 5.22. The number of aromatic nitrogens is 1. The van der Waals surface area contributed by atoms with E-state index in [1.807, 2.05) is 48.5 Å². The van der Waals surface area contributed by atoms with Gasteiger partial charge in [0, 0.05) is 10.2 Å². The van der Waals surface area contributed by atoms with Gasteiger partial charge in [-0.1, -0.05) is 34.1 Å². The third-order valence-corrected chi connectivity index (χ3v) is 3.96. The Balaban J connectivity index is 1.70. The van der Waals surface area contributed by atoms with Gasteiger partial charge in [-0.2, -0.15) is 0 Å². The van der Waals surface area contributed by atoms with Gasteiger partial charge in [0.05, 0.1) is 24.7 Å². The number of halogens is 1. The summed E-state index contributed by atoms with van der Waals surface area (Å²) in [5.74, 6) is 0.473. The molecule has 0 saturated carbocycles. The average Bonchev–Trinajstić information content (AvgIpc) is 2.63. The zero-order valence-electron chi connectivity index (χ0n) is 13.5. The molecule has 1 aromatic heterocycles. The Labute approximate surface area is 154 Å². The molecule has 0 aliphatic carbocycles. The molecular weight excluding hydrogens is 382 g/mol. The van der Waals surface area contributed by atoms with Crippen LogP contribution in [0.5, 0.6) is 5.75 Å². The van der Waals surface area contributed by atoms with Gasteiger partial charge in [0.15, 0.2) is 0 Å². The highest BCUT2D eigenvalue weighted by molar-refractivity contribution is 9.10. The van der Waals surface area contributed by atoms with Gasteiger partial charge in [0.1, 0.15) is 11.4 Å². The Morgan fingerprint density at radius 1 is 1.04 bits per heavy atom. The number of pyridine rings is 1. The number of nitrogens with zero attached hydrogens (tertiary/aromatic N) is 1. The van der Waals surface area contributed by atoms with Gasteiger partial charge in [0.2, 0.25) is 0 Å². The van der Waals surface area contributed by atoms with Crippen molar-refractivity contribution < 1.29 is 9.53 Å². The maximum Gasteiger partial charge on any atom is 0.274 e. The molecule has 126 valence electrons. The second kappa shape index (κ2) is 7.81. The molecule has 0 aliphatic rings. The van der Waals surface area contributed by atoms with Crippen molar-refractivity contribution in [2.24, 2.45) is 0 Å². The van der Waals surface area contributed by atoms with Gasteiger partial charge in [-0.05, 0) is 42.5 Å². The minimum absolute atomic E-state index is 0.262. The number of hydrogen-bond acceptors (Lipinski definition) is 4. The summed E-state index contributed by atoms with van der Waals surface area (Å²) in [6, 6.07) is 18.5. The van der Waals surface area contributed by atoms with E-state index < -0.39 is 0 Å². The average molecular weight is 398 g/mol. The Morgan fingerprint density at radius 3 is 2.60 bits per heavy atom. The van der Waals surface area contributed by atoms with Crippen LogP contribution in [0.2, 0.25) is 0 Å². The molecule has 3 aromatic rings. The fourth-order valence-corrected chi connectivity index (χ4v) is 2.67. The summed E-state index contributed by atoms with van der Waals surface area (Å²) >= 11 is 3.38. The molecular formula is C19H16BrN3O2. The smallest absolute Gasteiger partial charge is 0.274 e. The Bertz CT molecular complexity index is 882. The van der Waals surface area contributed by atoms with E-state index in [1.54, 1.807) is 25.4 Å². The lowest BCUT2D eigenvalue weighted by molar-refractivity contribution is 0.102. The first-order chi connectivity index (χ1) is 12.2. The van der Waals surface area contributed by atoms with E-state index in [0.29, 0.717) is 11.4 Å². The van der Waals surface area contributed by atoms with E-state index in [9.17, 15) is 4.79 Å². The number of hydrogen-bond donors (Lipinski definition) is 2. The maximum atomic E-state index is 12.3. The molecule has 3 rings (SSSR count). The summed E-state index contributed by atoms with van der Waals surface area (Å²) in [7, 11) is 1.62. The predicted molar refractivity (Wildman–Crippen MR) is 103 cm³/mol. The molecule has 1 heterocycles. The van der Waals surface area contributed by atoms with Crippen molar-refractivity contribution in [1.29, 1.82) is 0 Å². The Kier molecular flexibility index (Phi) is 5.30. The van der Waals surface area contributed by atoms with E-state index in [-0.39, 0.29) is 5.91 Å². The number of amides is 1. The first-order valence-electron chi connectivity index (χ1n) is 7.59.